The monoisotopic (exact) mass is 333 g/mol. The van der Waals surface area contributed by atoms with Crippen molar-refractivity contribution in [2.75, 3.05) is 33.7 Å². The van der Waals surface area contributed by atoms with Gasteiger partial charge in [0.15, 0.2) is 0 Å². The molecule has 1 saturated heterocycles. The summed E-state index contributed by atoms with van der Waals surface area (Å²) in [5.41, 5.74) is 1.88. The summed E-state index contributed by atoms with van der Waals surface area (Å²) in [7, 11) is 3.46. The molecule has 7 nitrogen and oxygen atoms in total. The van der Waals surface area contributed by atoms with Crippen LogP contribution in [-0.4, -0.2) is 65.4 Å². The molecule has 0 saturated carbocycles. The van der Waals surface area contributed by atoms with Gasteiger partial charge in [0, 0.05) is 51.5 Å². The second-order valence-corrected chi connectivity index (χ2v) is 6.57. The quantitative estimate of drug-likeness (QED) is 0.896. The predicted molar refractivity (Wildman–Crippen MR) is 91.6 cm³/mol. The first kappa shape index (κ1) is 18.2. The number of amides is 3. The zero-order valence-corrected chi connectivity index (χ0v) is 15.0. The van der Waals surface area contributed by atoms with Crippen molar-refractivity contribution in [3.8, 4) is 0 Å². The minimum absolute atomic E-state index is 0.00984. The first-order valence-electron chi connectivity index (χ1n) is 8.42. The Morgan fingerprint density at radius 2 is 1.96 bits per heavy atom. The molecule has 2 rings (SSSR count). The number of aromatic nitrogens is 2. The zero-order valence-electron chi connectivity index (χ0n) is 15.0. The molecule has 24 heavy (non-hydrogen) atoms. The molecular weight excluding hydrogens is 306 g/mol. The van der Waals surface area contributed by atoms with Crippen LogP contribution in [0.3, 0.4) is 0 Å². The van der Waals surface area contributed by atoms with E-state index in [9.17, 15) is 9.59 Å². The van der Waals surface area contributed by atoms with Gasteiger partial charge in [-0.2, -0.15) is 0 Å². The topological polar surface area (TPSA) is 78.4 Å². The normalized spacial score (nSPS) is 17.5. The summed E-state index contributed by atoms with van der Waals surface area (Å²) < 4.78 is 0. The number of carbonyl (C=O) groups excluding carboxylic acids is 2. The Hall–Kier alpha value is -2.18. The average molecular weight is 333 g/mol. The van der Waals surface area contributed by atoms with E-state index in [-0.39, 0.29) is 17.9 Å². The van der Waals surface area contributed by atoms with E-state index in [0.29, 0.717) is 19.5 Å². The Bertz CT molecular complexity index is 582. The van der Waals surface area contributed by atoms with E-state index in [4.69, 9.17) is 0 Å². The van der Waals surface area contributed by atoms with E-state index < -0.39 is 0 Å². The molecule has 1 atom stereocenters. The van der Waals surface area contributed by atoms with E-state index in [1.165, 1.54) is 0 Å². The first-order chi connectivity index (χ1) is 11.4. The van der Waals surface area contributed by atoms with Crippen LogP contribution in [0.5, 0.6) is 0 Å². The largest absolute Gasteiger partial charge is 0.355 e. The lowest BCUT2D eigenvalue weighted by atomic mass is 9.97. The van der Waals surface area contributed by atoms with Crippen LogP contribution in [-0.2, 0) is 11.2 Å². The molecule has 0 bridgehead atoms. The van der Waals surface area contributed by atoms with Gasteiger partial charge in [-0.05, 0) is 32.8 Å². The number of piperidine rings is 1. The molecule has 7 heteroatoms. The molecule has 0 aromatic carbocycles. The lowest BCUT2D eigenvalue weighted by molar-refractivity contribution is -0.126. The van der Waals surface area contributed by atoms with Gasteiger partial charge in [-0.25, -0.2) is 14.8 Å². The number of carbonyl (C=O) groups is 2. The third kappa shape index (κ3) is 4.91. The minimum Gasteiger partial charge on any atom is -0.355 e. The van der Waals surface area contributed by atoms with Gasteiger partial charge >= 0.3 is 6.03 Å². The summed E-state index contributed by atoms with van der Waals surface area (Å²) in [5.74, 6) is 0.624. The summed E-state index contributed by atoms with van der Waals surface area (Å²) in [6.45, 7) is 5.60. The molecule has 1 aromatic rings. The molecule has 1 N–H and O–H groups in total. The lowest BCUT2D eigenvalue weighted by Gasteiger charge is -2.33. The number of urea groups is 1. The molecule has 2 heterocycles. The molecule has 0 aliphatic carbocycles. The van der Waals surface area contributed by atoms with Crippen LogP contribution in [0.1, 0.15) is 30.1 Å². The van der Waals surface area contributed by atoms with E-state index in [1.54, 1.807) is 23.9 Å². The number of nitrogens with zero attached hydrogens (tertiary/aromatic N) is 4. The van der Waals surface area contributed by atoms with Crippen LogP contribution in [0, 0.1) is 19.8 Å². The van der Waals surface area contributed by atoms with E-state index in [1.807, 2.05) is 19.9 Å². The highest BCUT2D eigenvalue weighted by Gasteiger charge is 2.28. The SMILES string of the molecule is Cc1cc(C)nc(CCNC(=O)[C@@H]2CCCN(C(=O)N(C)C)C2)n1. The van der Waals surface area contributed by atoms with Gasteiger partial charge in [0.25, 0.3) is 0 Å². The second kappa shape index (κ2) is 8.08. The maximum Gasteiger partial charge on any atom is 0.319 e. The van der Waals surface area contributed by atoms with Crippen molar-refractivity contribution in [3.05, 3.63) is 23.3 Å². The third-order valence-corrected chi connectivity index (χ3v) is 4.12. The van der Waals surface area contributed by atoms with Crippen molar-refractivity contribution in [1.29, 1.82) is 0 Å². The van der Waals surface area contributed by atoms with Gasteiger partial charge in [0.05, 0.1) is 5.92 Å². The minimum atomic E-state index is -0.136. The summed E-state index contributed by atoms with van der Waals surface area (Å²) in [6, 6.07) is 1.90. The van der Waals surface area contributed by atoms with Crippen molar-refractivity contribution in [3.63, 3.8) is 0 Å². The van der Waals surface area contributed by atoms with Crippen LogP contribution in [0.25, 0.3) is 0 Å². The fourth-order valence-electron chi connectivity index (χ4n) is 3.00. The Morgan fingerprint density at radius 3 is 2.58 bits per heavy atom. The Labute approximate surface area is 143 Å². The molecule has 1 fully saturated rings. The summed E-state index contributed by atoms with van der Waals surface area (Å²) in [5, 5.41) is 2.96. The highest BCUT2D eigenvalue weighted by atomic mass is 16.2. The number of hydrogen-bond donors (Lipinski definition) is 1. The molecule has 3 amide bonds. The summed E-state index contributed by atoms with van der Waals surface area (Å²) in [6.07, 6.45) is 2.29. The highest BCUT2D eigenvalue weighted by Crippen LogP contribution is 2.17. The van der Waals surface area contributed by atoms with E-state index >= 15 is 0 Å². The van der Waals surface area contributed by atoms with Crippen molar-refractivity contribution < 1.29 is 9.59 Å². The molecular formula is C17H27N5O2. The van der Waals surface area contributed by atoms with Crippen LogP contribution in [0.2, 0.25) is 0 Å². The van der Waals surface area contributed by atoms with Gasteiger partial charge < -0.3 is 15.1 Å². The molecule has 0 unspecified atom stereocenters. The van der Waals surface area contributed by atoms with Crippen LogP contribution < -0.4 is 5.32 Å². The summed E-state index contributed by atoms with van der Waals surface area (Å²) in [4.78, 5) is 36.4. The molecule has 1 aliphatic heterocycles. The molecule has 0 radical (unpaired) electrons. The third-order valence-electron chi connectivity index (χ3n) is 4.12. The number of nitrogens with one attached hydrogen (secondary N) is 1. The van der Waals surface area contributed by atoms with Gasteiger partial charge in [0.1, 0.15) is 5.82 Å². The predicted octanol–water partition coefficient (Wildman–Crippen LogP) is 1.15. The van der Waals surface area contributed by atoms with Crippen molar-refractivity contribution >= 4 is 11.9 Å². The van der Waals surface area contributed by atoms with E-state index in [0.717, 1.165) is 36.6 Å². The standard InChI is InChI=1S/C17H27N5O2/c1-12-10-13(2)20-15(19-12)7-8-18-16(23)14-6-5-9-22(11-14)17(24)21(3)4/h10,14H,5-9,11H2,1-4H3,(H,18,23)/t14-/m1/s1. The fraction of sp³-hybridized carbons (Fsp3) is 0.647. The molecule has 0 spiro atoms. The average Bonchev–Trinajstić information content (AvgIpc) is 2.53. The highest BCUT2D eigenvalue weighted by molar-refractivity contribution is 5.80. The molecule has 1 aliphatic rings. The van der Waals surface area contributed by atoms with Gasteiger partial charge in [0.2, 0.25) is 5.91 Å². The van der Waals surface area contributed by atoms with Crippen molar-refractivity contribution in [2.24, 2.45) is 5.92 Å². The zero-order chi connectivity index (χ0) is 17.7. The Balaban J connectivity index is 1.82. The van der Waals surface area contributed by atoms with E-state index in [2.05, 4.69) is 15.3 Å². The van der Waals surface area contributed by atoms with Crippen LogP contribution in [0.15, 0.2) is 6.07 Å². The number of aryl methyl sites for hydroxylation is 2. The number of likely N-dealkylation sites (tertiary alicyclic amines) is 1. The second-order valence-electron chi connectivity index (χ2n) is 6.57. The van der Waals surface area contributed by atoms with Crippen molar-refractivity contribution in [2.45, 2.75) is 33.1 Å². The Kier molecular flexibility index (Phi) is 6.11. The fourth-order valence-corrected chi connectivity index (χ4v) is 3.00. The molecule has 1 aromatic heterocycles. The Morgan fingerprint density at radius 1 is 1.29 bits per heavy atom. The number of rotatable bonds is 4. The maximum absolute atomic E-state index is 12.4. The smallest absolute Gasteiger partial charge is 0.319 e. The summed E-state index contributed by atoms with van der Waals surface area (Å²) >= 11 is 0. The number of hydrogen-bond acceptors (Lipinski definition) is 4. The van der Waals surface area contributed by atoms with Crippen LogP contribution >= 0.6 is 0 Å². The van der Waals surface area contributed by atoms with Gasteiger partial charge in [-0.3, -0.25) is 4.79 Å². The lowest BCUT2D eigenvalue weighted by Crippen LogP contribution is -2.48. The molecule has 132 valence electrons. The van der Waals surface area contributed by atoms with Crippen LogP contribution in [0.4, 0.5) is 4.79 Å². The van der Waals surface area contributed by atoms with Crippen molar-refractivity contribution in [1.82, 2.24) is 25.1 Å². The maximum atomic E-state index is 12.4. The van der Waals surface area contributed by atoms with Gasteiger partial charge in [-0.1, -0.05) is 0 Å². The van der Waals surface area contributed by atoms with Gasteiger partial charge in [-0.15, -0.1) is 0 Å². The first-order valence-corrected chi connectivity index (χ1v) is 8.42.